The fourth-order valence-corrected chi connectivity index (χ4v) is 4.28. The lowest BCUT2D eigenvalue weighted by Crippen LogP contribution is -2.52. The van der Waals surface area contributed by atoms with Crippen LogP contribution in [0.3, 0.4) is 0 Å². The molecule has 0 aromatic carbocycles. The molecule has 0 aromatic rings. The zero-order valence-corrected chi connectivity index (χ0v) is 13.4. The van der Waals surface area contributed by atoms with Gasteiger partial charge in [-0.1, -0.05) is 13.8 Å². The summed E-state index contributed by atoms with van der Waals surface area (Å²) in [6.07, 6.45) is 3.49. The summed E-state index contributed by atoms with van der Waals surface area (Å²) in [6.45, 7) is 12.7. The van der Waals surface area contributed by atoms with Crippen molar-refractivity contribution in [3.05, 3.63) is 0 Å². The summed E-state index contributed by atoms with van der Waals surface area (Å²) in [5.74, 6) is 2.49. The molecule has 2 rings (SSSR count). The minimum atomic E-state index is 0.384. The minimum absolute atomic E-state index is 0.384. The van der Waals surface area contributed by atoms with Crippen LogP contribution in [0.4, 0.5) is 0 Å². The molecule has 1 saturated heterocycles. The molecule has 0 radical (unpaired) electrons. The third-order valence-corrected chi connectivity index (χ3v) is 5.01. The highest BCUT2D eigenvalue weighted by atomic mass is 16.5. The van der Waals surface area contributed by atoms with Crippen LogP contribution >= 0.6 is 0 Å². The Morgan fingerprint density at radius 1 is 1.05 bits per heavy atom. The first kappa shape index (κ1) is 15.3. The first-order valence-corrected chi connectivity index (χ1v) is 8.04. The number of nitrogens with one attached hydrogen (secondary N) is 1. The van der Waals surface area contributed by atoms with Gasteiger partial charge in [0.2, 0.25) is 0 Å². The molecule has 1 aliphatic carbocycles. The highest BCUT2D eigenvalue weighted by Gasteiger charge is 2.35. The fraction of sp³-hybridized carbons (Fsp3) is 1.00. The summed E-state index contributed by atoms with van der Waals surface area (Å²) in [5.41, 5.74) is 0. The first-order chi connectivity index (χ1) is 8.99. The Morgan fingerprint density at radius 3 is 2.26 bits per heavy atom. The lowest BCUT2D eigenvalue weighted by molar-refractivity contribution is -0.0764. The lowest BCUT2D eigenvalue weighted by Gasteiger charge is -2.44. The summed E-state index contributed by atoms with van der Waals surface area (Å²) in [6, 6.07) is 0.687. The maximum Gasteiger partial charge on any atom is 0.0678 e. The van der Waals surface area contributed by atoms with Gasteiger partial charge in [-0.25, -0.2) is 0 Å². The maximum absolute atomic E-state index is 5.85. The highest BCUT2D eigenvalue weighted by Crippen LogP contribution is 2.34. The van der Waals surface area contributed by atoms with Crippen molar-refractivity contribution in [1.82, 2.24) is 10.2 Å². The van der Waals surface area contributed by atoms with Crippen LogP contribution in [0.25, 0.3) is 0 Å². The zero-order valence-electron chi connectivity index (χ0n) is 13.4. The summed E-state index contributed by atoms with van der Waals surface area (Å²) < 4.78 is 5.85. The van der Waals surface area contributed by atoms with Gasteiger partial charge in [0.15, 0.2) is 0 Å². The van der Waals surface area contributed by atoms with E-state index in [1.165, 1.54) is 19.4 Å². The molecule has 1 aliphatic heterocycles. The van der Waals surface area contributed by atoms with E-state index >= 15 is 0 Å². The van der Waals surface area contributed by atoms with Gasteiger partial charge in [-0.05, 0) is 51.5 Å². The van der Waals surface area contributed by atoms with Crippen molar-refractivity contribution in [2.45, 2.75) is 58.8 Å². The van der Waals surface area contributed by atoms with Crippen LogP contribution < -0.4 is 5.32 Å². The number of ether oxygens (including phenoxy) is 1. The molecule has 3 nitrogen and oxygen atoms in total. The van der Waals surface area contributed by atoms with Gasteiger partial charge in [0.25, 0.3) is 0 Å². The van der Waals surface area contributed by atoms with E-state index in [0.29, 0.717) is 18.2 Å². The molecule has 2 fully saturated rings. The normalized spacial score (nSPS) is 45.3. The van der Waals surface area contributed by atoms with E-state index in [0.717, 1.165) is 30.8 Å². The molecule has 0 amide bonds. The Morgan fingerprint density at radius 2 is 1.68 bits per heavy atom. The Balaban J connectivity index is 1.95. The molecule has 6 unspecified atom stereocenters. The summed E-state index contributed by atoms with van der Waals surface area (Å²) in [7, 11) is 2.13. The van der Waals surface area contributed by atoms with Crippen LogP contribution in [0.5, 0.6) is 0 Å². The number of morpholine rings is 1. The van der Waals surface area contributed by atoms with Crippen molar-refractivity contribution in [3.63, 3.8) is 0 Å². The Hall–Kier alpha value is -0.120. The number of nitrogens with zero attached hydrogens (tertiary/aromatic N) is 1. The third kappa shape index (κ3) is 3.93. The quantitative estimate of drug-likeness (QED) is 0.850. The van der Waals surface area contributed by atoms with E-state index in [2.05, 4.69) is 45.0 Å². The molecule has 0 bridgehead atoms. The monoisotopic (exact) mass is 268 g/mol. The van der Waals surface area contributed by atoms with Crippen molar-refractivity contribution in [3.8, 4) is 0 Å². The SMILES string of the molecule is CNC1CC(C)CC(C)C1CN1CC(C)OC(C)C1. The average molecular weight is 268 g/mol. The predicted octanol–water partition coefficient (Wildman–Crippen LogP) is 2.37. The molecular weight excluding hydrogens is 236 g/mol. The Bertz CT molecular complexity index is 274. The minimum Gasteiger partial charge on any atom is -0.373 e. The molecule has 19 heavy (non-hydrogen) atoms. The summed E-state index contributed by atoms with van der Waals surface area (Å²) >= 11 is 0. The van der Waals surface area contributed by atoms with Gasteiger partial charge in [-0.15, -0.1) is 0 Å². The predicted molar refractivity (Wildman–Crippen MR) is 80.3 cm³/mol. The molecular formula is C16H32N2O. The van der Waals surface area contributed by atoms with Crippen molar-refractivity contribution >= 4 is 0 Å². The number of hydrogen-bond acceptors (Lipinski definition) is 3. The molecule has 6 atom stereocenters. The van der Waals surface area contributed by atoms with Crippen LogP contribution in [0.1, 0.15) is 40.5 Å². The van der Waals surface area contributed by atoms with E-state index in [1.807, 2.05) is 0 Å². The summed E-state index contributed by atoms with van der Waals surface area (Å²) in [5, 5.41) is 3.57. The van der Waals surface area contributed by atoms with Gasteiger partial charge >= 0.3 is 0 Å². The first-order valence-electron chi connectivity index (χ1n) is 8.04. The largest absolute Gasteiger partial charge is 0.373 e. The second-order valence-electron chi connectivity index (χ2n) is 7.09. The lowest BCUT2D eigenvalue weighted by atomic mass is 9.72. The molecule has 1 heterocycles. The van der Waals surface area contributed by atoms with Gasteiger partial charge in [-0.3, -0.25) is 4.90 Å². The second kappa shape index (κ2) is 6.55. The van der Waals surface area contributed by atoms with Gasteiger partial charge < -0.3 is 10.1 Å². The molecule has 0 spiro atoms. The van der Waals surface area contributed by atoms with Crippen LogP contribution in [0.2, 0.25) is 0 Å². The smallest absolute Gasteiger partial charge is 0.0678 e. The van der Waals surface area contributed by atoms with Crippen LogP contribution in [-0.4, -0.2) is 49.8 Å². The zero-order chi connectivity index (χ0) is 14.0. The van der Waals surface area contributed by atoms with Crippen LogP contribution in [0.15, 0.2) is 0 Å². The molecule has 1 N–H and O–H groups in total. The summed E-state index contributed by atoms with van der Waals surface area (Å²) in [4.78, 5) is 2.63. The van der Waals surface area contributed by atoms with Gasteiger partial charge in [0.05, 0.1) is 12.2 Å². The van der Waals surface area contributed by atoms with Crippen molar-refractivity contribution in [2.75, 3.05) is 26.7 Å². The molecule has 2 aliphatic rings. The van der Waals surface area contributed by atoms with Crippen LogP contribution in [-0.2, 0) is 4.74 Å². The van der Waals surface area contributed by atoms with Crippen molar-refractivity contribution in [1.29, 1.82) is 0 Å². The Kier molecular flexibility index (Phi) is 5.27. The second-order valence-corrected chi connectivity index (χ2v) is 7.09. The topological polar surface area (TPSA) is 24.5 Å². The number of hydrogen-bond donors (Lipinski definition) is 1. The third-order valence-electron chi connectivity index (χ3n) is 5.01. The molecule has 3 heteroatoms. The average Bonchev–Trinajstić information content (AvgIpc) is 2.31. The van der Waals surface area contributed by atoms with E-state index in [4.69, 9.17) is 4.74 Å². The molecule has 0 aromatic heterocycles. The molecule has 1 saturated carbocycles. The van der Waals surface area contributed by atoms with Gasteiger partial charge in [0.1, 0.15) is 0 Å². The number of rotatable bonds is 3. The van der Waals surface area contributed by atoms with E-state index in [-0.39, 0.29) is 0 Å². The van der Waals surface area contributed by atoms with Crippen molar-refractivity contribution in [2.24, 2.45) is 17.8 Å². The van der Waals surface area contributed by atoms with Gasteiger partial charge in [0, 0.05) is 25.7 Å². The van der Waals surface area contributed by atoms with Crippen molar-refractivity contribution < 1.29 is 4.74 Å². The van der Waals surface area contributed by atoms with E-state index < -0.39 is 0 Å². The van der Waals surface area contributed by atoms with Gasteiger partial charge in [-0.2, -0.15) is 0 Å². The van der Waals surface area contributed by atoms with E-state index in [9.17, 15) is 0 Å². The molecule has 112 valence electrons. The maximum atomic E-state index is 5.85. The van der Waals surface area contributed by atoms with Crippen LogP contribution in [0, 0.1) is 17.8 Å². The van der Waals surface area contributed by atoms with E-state index in [1.54, 1.807) is 0 Å². The standard InChI is InChI=1S/C16H32N2O/c1-11-6-12(2)15(16(7-11)17-5)10-18-8-13(3)19-14(4)9-18/h11-17H,6-10H2,1-5H3. The Labute approximate surface area is 119 Å². The highest BCUT2D eigenvalue weighted by molar-refractivity contribution is 4.89. The fourth-order valence-electron chi connectivity index (χ4n) is 4.28.